The van der Waals surface area contributed by atoms with Gasteiger partial charge >= 0.3 is 0 Å². The minimum absolute atomic E-state index is 0.457. The highest BCUT2D eigenvalue weighted by Crippen LogP contribution is 2.26. The molecule has 0 amide bonds. The van der Waals surface area contributed by atoms with Crippen LogP contribution in [0, 0.1) is 0 Å². The van der Waals surface area contributed by atoms with Crippen LogP contribution < -0.4 is 10.6 Å². The zero-order chi connectivity index (χ0) is 12.4. The predicted octanol–water partition coefficient (Wildman–Crippen LogP) is 2.65. The number of nitrogens with zero attached hydrogens (tertiary/aromatic N) is 2. The summed E-state index contributed by atoms with van der Waals surface area (Å²) >= 11 is 0. The molecular formula is C14H23N3. The molecule has 0 bridgehead atoms. The molecule has 0 saturated carbocycles. The zero-order valence-corrected chi connectivity index (χ0v) is 11.1. The van der Waals surface area contributed by atoms with E-state index in [0.717, 1.165) is 18.1 Å². The summed E-state index contributed by atoms with van der Waals surface area (Å²) in [5.74, 6) is 1.57. The van der Waals surface area contributed by atoms with Crippen molar-refractivity contribution in [2.45, 2.75) is 52.1 Å². The summed E-state index contributed by atoms with van der Waals surface area (Å²) in [6.45, 7) is 8.36. The highest BCUT2D eigenvalue weighted by Gasteiger charge is 2.22. The second-order valence-corrected chi connectivity index (χ2v) is 5.30. The van der Waals surface area contributed by atoms with E-state index in [2.05, 4.69) is 37.8 Å². The van der Waals surface area contributed by atoms with Crippen molar-refractivity contribution >= 4 is 5.82 Å². The highest BCUT2D eigenvalue weighted by atomic mass is 15.2. The Hall–Kier alpha value is -1.09. The maximum absolute atomic E-state index is 5.77. The number of hydrogen-bond donors (Lipinski definition) is 1. The molecule has 94 valence electrons. The summed E-state index contributed by atoms with van der Waals surface area (Å²) in [4.78, 5) is 7.19. The first-order valence-electron chi connectivity index (χ1n) is 6.59. The fraction of sp³-hybridized carbons (Fsp3) is 0.643. The van der Waals surface area contributed by atoms with E-state index in [4.69, 9.17) is 10.7 Å². The molecule has 2 heterocycles. The van der Waals surface area contributed by atoms with Gasteiger partial charge in [0, 0.05) is 24.8 Å². The van der Waals surface area contributed by atoms with E-state index in [-0.39, 0.29) is 0 Å². The maximum Gasteiger partial charge on any atom is 0.129 e. The van der Waals surface area contributed by atoms with Crippen LogP contribution in [0.2, 0.25) is 0 Å². The third kappa shape index (κ3) is 2.60. The number of rotatable bonds is 3. The van der Waals surface area contributed by atoms with Crippen LogP contribution >= 0.6 is 0 Å². The van der Waals surface area contributed by atoms with E-state index in [1.54, 1.807) is 0 Å². The first-order chi connectivity index (χ1) is 8.11. The van der Waals surface area contributed by atoms with E-state index in [0.29, 0.717) is 18.5 Å². The molecule has 1 aliphatic rings. The fourth-order valence-corrected chi connectivity index (χ4v) is 2.43. The smallest absolute Gasteiger partial charge is 0.129 e. The van der Waals surface area contributed by atoms with Crippen molar-refractivity contribution in [2.24, 2.45) is 5.73 Å². The molecule has 1 aliphatic heterocycles. The Morgan fingerprint density at radius 2 is 2.24 bits per heavy atom. The summed E-state index contributed by atoms with van der Waals surface area (Å²) in [6, 6.07) is 4.89. The largest absolute Gasteiger partial charge is 0.354 e. The minimum atomic E-state index is 0.457. The van der Waals surface area contributed by atoms with Crippen LogP contribution in [-0.2, 0) is 6.54 Å². The average Bonchev–Trinajstić information content (AvgIpc) is 2.74. The molecule has 0 aromatic carbocycles. The normalized spacial score (nSPS) is 20.3. The molecule has 0 radical (unpaired) electrons. The summed E-state index contributed by atoms with van der Waals surface area (Å²) in [5.41, 5.74) is 8.12. The van der Waals surface area contributed by atoms with Gasteiger partial charge in [0.15, 0.2) is 0 Å². The number of hydrogen-bond acceptors (Lipinski definition) is 3. The van der Waals surface area contributed by atoms with Crippen molar-refractivity contribution in [3.8, 4) is 0 Å². The number of aromatic nitrogens is 1. The van der Waals surface area contributed by atoms with Gasteiger partial charge in [0.2, 0.25) is 0 Å². The highest BCUT2D eigenvalue weighted by molar-refractivity contribution is 5.45. The van der Waals surface area contributed by atoms with Gasteiger partial charge in [-0.25, -0.2) is 4.98 Å². The Kier molecular flexibility index (Phi) is 3.67. The fourth-order valence-electron chi connectivity index (χ4n) is 2.43. The molecule has 1 unspecified atom stereocenters. The number of anilines is 1. The predicted molar refractivity (Wildman–Crippen MR) is 72.3 cm³/mol. The standard InChI is InChI=1S/C14H23N3/c1-10(2)13-7-12(9-15)8-14(16-13)17-6-4-5-11(17)3/h7-8,10-11H,4-6,9,15H2,1-3H3. The van der Waals surface area contributed by atoms with E-state index >= 15 is 0 Å². The van der Waals surface area contributed by atoms with Gasteiger partial charge in [0.25, 0.3) is 0 Å². The zero-order valence-electron chi connectivity index (χ0n) is 11.1. The van der Waals surface area contributed by atoms with Crippen LogP contribution in [-0.4, -0.2) is 17.6 Å². The van der Waals surface area contributed by atoms with Gasteiger partial charge in [0.05, 0.1) is 0 Å². The van der Waals surface area contributed by atoms with Gasteiger partial charge in [-0.3, -0.25) is 0 Å². The topological polar surface area (TPSA) is 42.1 Å². The lowest BCUT2D eigenvalue weighted by atomic mass is 10.1. The van der Waals surface area contributed by atoms with E-state index in [9.17, 15) is 0 Å². The molecule has 0 aliphatic carbocycles. The van der Waals surface area contributed by atoms with Crippen molar-refractivity contribution in [1.29, 1.82) is 0 Å². The maximum atomic E-state index is 5.77. The quantitative estimate of drug-likeness (QED) is 0.872. The van der Waals surface area contributed by atoms with Gasteiger partial charge in [-0.1, -0.05) is 13.8 Å². The van der Waals surface area contributed by atoms with Crippen molar-refractivity contribution in [3.05, 3.63) is 23.4 Å². The Labute approximate surface area is 104 Å². The van der Waals surface area contributed by atoms with E-state index < -0.39 is 0 Å². The van der Waals surface area contributed by atoms with Crippen LogP contribution in [0.4, 0.5) is 5.82 Å². The van der Waals surface area contributed by atoms with Crippen LogP contribution in [0.15, 0.2) is 12.1 Å². The lowest BCUT2D eigenvalue weighted by molar-refractivity contribution is 0.718. The molecular weight excluding hydrogens is 210 g/mol. The Morgan fingerprint density at radius 1 is 1.47 bits per heavy atom. The SMILES string of the molecule is CC(C)c1cc(CN)cc(N2CCCC2C)n1. The Bertz CT molecular complexity index is 387. The van der Waals surface area contributed by atoms with Gasteiger partial charge in [-0.2, -0.15) is 0 Å². The van der Waals surface area contributed by atoms with Crippen molar-refractivity contribution < 1.29 is 0 Å². The molecule has 2 N–H and O–H groups in total. The number of pyridine rings is 1. The molecule has 1 aromatic heterocycles. The first kappa shape index (κ1) is 12.4. The van der Waals surface area contributed by atoms with Crippen molar-refractivity contribution in [2.75, 3.05) is 11.4 Å². The third-order valence-electron chi connectivity index (χ3n) is 3.57. The Morgan fingerprint density at radius 3 is 2.76 bits per heavy atom. The second kappa shape index (κ2) is 5.05. The Balaban J connectivity index is 2.35. The van der Waals surface area contributed by atoms with Crippen LogP contribution in [0.1, 0.15) is 50.8 Å². The molecule has 0 spiro atoms. The molecule has 3 heteroatoms. The van der Waals surface area contributed by atoms with Crippen LogP contribution in [0.25, 0.3) is 0 Å². The van der Waals surface area contributed by atoms with Crippen LogP contribution in [0.5, 0.6) is 0 Å². The summed E-state index contributed by atoms with van der Waals surface area (Å²) in [5, 5.41) is 0. The van der Waals surface area contributed by atoms with Gasteiger partial charge in [0.1, 0.15) is 5.82 Å². The second-order valence-electron chi connectivity index (χ2n) is 5.30. The number of nitrogens with two attached hydrogens (primary N) is 1. The summed E-state index contributed by atoms with van der Waals surface area (Å²) < 4.78 is 0. The molecule has 1 fully saturated rings. The molecule has 1 saturated heterocycles. The lowest BCUT2D eigenvalue weighted by Crippen LogP contribution is -2.27. The minimum Gasteiger partial charge on any atom is -0.354 e. The van der Waals surface area contributed by atoms with Crippen molar-refractivity contribution in [1.82, 2.24) is 4.98 Å². The summed E-state index contributed by atoms with van der Waals surface area (Å²) in [7, 11) is 0. The van der Waals surface area contributed by atoms with Crippen molar-refractivity contribution in [3.63, 3.8) is 0 Å². The van der Waals surface area contributed by atoms with Crippen LogP contribution in [0.3, 0.4) is 0 Å². The van der Waals surface area contributed by atoms with Gasteiger partial charge < -0.3 is 10.6 Å². The lowest BCUT2D eigenvalue weighted by Gasteiger charge is -2.24. The first-order valence-corrected chi connectivity index (χ1v) is 6.59. The third-order valence-corrected chi connectivity index (χ3v) is 3.57. The molecule has 17 heavy (non-hydrogen) atoms. The van der Waals surface area contributed by atoms with Gasteiger partial charge in [-0.15, -0.1) is 0 Å². The monoisotopic (exact) mass is 233 g/mol. The van der Waals surface area contributed by atoms with E-state index in [1.807, 2.05) is 0 Å². The average molecular weight is 233 g/mol. The summed E-state index contributed by atoms with van der Waals surface area (Å²) in [6.07, 6.45) is 2.54. The molecule has 3 nitrogen and oxygen atoms in total. The molecule has 1 aromatic rings. The molecule has 2 rings (SSSR count). The van der Waals surface area contributed by atoms with Gasteiger partial charge in [-0.05, 0) is 43.4 Å². The van der Waals surface area contributed by atoms with E-state index in [1.165, 1.54) is 18.4 Å². The molecule has 1 atom stereocenters.